The van der Waals surface area contributed by atoms with Crippen molar-refractivity contribution in [1.29, 1.82) is 0 Å². The Morgan fingerprint density at radius 1 is 1.24 bits per heavy atom. The first-order valence-electron chi connectivity index (χ1n) is 6.82. The van der Waals surface area contributed by atoms with Crippen LogP contribution in [0.5, 0.6) is 0 Å². The lowest BCUT2D eigenvalue weighted by atomic mass is 10.2. The van der Waals surface area contributed by atoms with Crippen LogP contribution in [0.25, 0.3) is 0 Å². The van der Waals surface area contributed by atoms with Crippen molar-refractivity contribution in [1.82, 2.24) is 4.98 Å². The van der Waals surface area contributed by atoms with Crippen LogP contribution >= 0.6 is 0 Å². The summed E-state index contributed by atoms with van der Waals surface area (Å²) in [5.74, 6) is -0.142. The van der Waals surface area contributed by atoms with Crippen LogP contribution < -0.4 is 4.90 Å². The van der Waals surface area contributed by atoms with E-state index in [-0.39, 0.29) is 5.82 Å². The maximum absolute atomic E-state index is 13.9. The minimum Gasteiger partial charge on any atom is -0.462 e. The lowest BCUT2D eigenvalue weighted by Crippen LogP contribution is -2.19. The molecule has 0 unspecified atom stereocenters. The van der Waals surface area contributed by atoms with E-state index in [1.54, 1.807) is 42.2 Å². The lowest BCUT2D eigenvalue weighted by Gasteiger charge is -2.22. The predicted octanol–water partition coefficient (Wildman–Crippen LogP) is 3.56. The molecule has 0 fully saturated rings. The van der Waals surface area contributed by atoms with Crippen molar-refractivity contribution in [2.75, 3.05) is 18.1 Å². The highest BCUT2D eigenvalue weighted by molar-refractivity contribution is 5.89. The zero-order valence-corrected chi connectivity index (χ0v) is 12.0. The summed E-state index contributed by atoms with van der Waals surface area (Å²) < 4.78 is 18.8. The number of carbonyl (C=O) groups excluding carboxylic acids is 1. The van der Waals surface area contributed by atoms with E-state index in [0.29, 0.717) is 30.2 Å². The average molecular weight is 288 g/mol. The maximum Gasteiger partial charge on any atom is 0.339 e. The van der Waals surface area contributed by atoms with E-state index >= 15 is 0 Å². The standard InChI is InChI=1S/C16H17FN2O2/c1-3-19(14-8-6-5-7-13(14)17)15-10-9-12(11-18-15)16(20)21-4-2/h5-11H,3-4H2,1-2H3. The van der Waals surface area contributed by atoms with Gasteiger partial charge in [-0.3, -0.25) is 0 Å². The molecule has 0 aliphatic carbocycles. The van der Waals surface area contributed by atoms with Gasteiger partial charge in [-0.15, -0.1) is 0 Å². The Bertz CT molecular complexity index is 614. The van der Waals surface area contributed by atoms with Crippen molar-refractivity contribution in [2.45, 2.75) is 13.8 Å². The molecule has 0 radical (unpaired) electrons. The molecule has 0 saturated heterocycles. The number of rotatable bonds is 5. The molecule has 0 saturated carbocycles. The Balaban J connectivity index is 2.28. The molecule has 0 aliphatic heterocycles. The SMILES string of the molecule is CCOC(=O)c1ccc(N(CC)c2ccccc2F)nc1. The van der Waals surface area contributed by atoms with Crippen molar-refractivity contribution in [3.05, 3.63) is 54.0 Å². The van der Waals surface area contributed by atoms with Gasteiger partial charge in [0.2, 0.25) is 0 Å². The first kappa shape index (κ1) is 15.0. The topological polar surface area (TPSA) is 42.4 Å². The lowest BCUT2D eigenvalue weighted by molar-refractivity contribution is 0.0526. The van der Waals surface area contributed by atoms with Gasteiger partial charge in [0.15, 0.2) is 0 Å². The highest BCUT2D eigenvalue weighted by Gasteiger charge is 2.14. The van der Waals surface area contributed by atoms with E-state index < -0.39 is 5.97 Å². The number of halogens is 1. The van der Waals surface area contributed by atoms with Gasteiger partial charge in [-0.1, -0.05) is 12.1 Å². The van der Waals surface area contributed by atoms with Gasteiger partial charge >= 0.3 is 5.97 Å². The maximum atomic E-state index is 13.9. The fraction of sp³-hybridized carbons (Fsp3) is 0.250. The average Bonchev–Trinajstić information content (AvgIpc) is 2.51. The van der Waals surface area contributed by atoms with E-state index in [1.807, 2.05) is 6.92 Å². The molecular formula is C16H17FN2O2. The molecule has 21 heavy (non-hydrogen) atoms. The smallest absolute Gasteiger partial charge is 0.339 e. The van der Waals surface area contributed by atoms with Crippen LogP contribution in [0.4, 0.5) is 15.9 Å². The fourth-order valence-electron chi connectivity index (χ4n) is 2.01. The van der Waals surface area contributed by atoms with Gasteiger partial charge in [0.25, 0.3) is 0 Å². The van der Waals surface area contributed by atoms with Crippen molar-refractivity contribution < 1.29 is 13.9 Å². The molecule has 0 N–H and O–H groups in total. The number of pyridine rings is 1. The Labute approximate surface area is 123 Å². The van der Waals surface area contributed by atoms with Crippen molar-refractivity contribution >= 4 is 17.5 Å². The van der Waals surface area contributed by atoms with Crippen molar-refractivity contribution in [2.24, 2.45) is 0 Å². The van der Waals surface area contributed by atoms with E-state index in [9.17, 15) is 9.18 Å². The first-order chi connectivity index (χ1) is 10.2. The second-order valence-electron chi connectivity index (χ2n) is 4.32. The minimum absolute atomic E-state index is 0.310. The van der Waals surface area contributed by atoms with E-state index in [1.165, 1.54) is 12.3 Å². The highest BCUT2D eigenvalue weighted by atomic mass is 19.1. The first-order valence-corrected chi connectivity index (χ1v) is 6.82. The second-order valence-corrected chi connectivity index (χ2v) is 4.32. The molecule has 0 bridgehead atoms. The number of benzene rings is 1. The van der Waals surface area contributed by atoms with E-state index in [4.69, 9.17) is 4.74 Å². The number of ether oxygens (including phenoxy) is 1. The minimum atomic E-state index is -0.412. The molecular weight excluding hydrogens is 271 g/mol. The normalized spacial score (nSPS) is 10.2. The Hall–Kier alpha value is -2.43. The summed E-state index contributed by atoms with van der Waals surface area (Å²) in [5, 5.41) is 0. The summed E-state index contributed by atoms with van der Waals surface area (Å²) in [7, 11) is 0. The summed E-state index contributed by atoms with van der Waals surface area (Å²) in [4.78, 5) is 17.6. The summed E-state index contributed by atoms with van der Waals surface area (Å²) in [6, 6.07) is 9.83. The molecule has 1 aromatic heterocycles. The van der Waals surface area contributed by atoms with Crippen molar-refractivity contribution in [3.63, 3.8) is 0 Å². The third-order valence-corrected chi connectivity index (χ3v) is 3.00. The monoisotopic (exact) mass is 288 g/mol. The number of hydrogen-bond acceptors (Lipinski definition) is 4. The molecule has 1 aromatic carbocycles. The van der Waals surface area contributed by atoms with Crippen LogP contribution in [0.3, 0.4) is 0 Å². The van der Waals surface area contributed by atoms with Gasteiger partial charge in [-0.25, -0.2) is 14.2 Å². The van der Waals surface area contributed by atoms with Crippen LogP contribution in [0.1, 0.15) is 24.2 Å². The third-order valence-electron chi connectivity index (χ3n) is 3.00. The summed E-state index contributed by atoms with van der Waals surface area (Å²) in [6.45, 7) is 4.54. The van der Waals surface area contributed by atoms with Gasteiger partial charge in [0.05, 0.1) is 17.9 Å². The molecule has 0 atom stereocenters. The number of anilines is 2. The van der Waals surface area contributed by atoms with E-state index in [2.05, 4.69) is 4.98 Å². The van der Waals surface area contributed by atoms with Crippen LogP contribution in [-0.4, -0.2) is 24.1 Å². The summed E-state index contributed by atoms with van der Waals surface area (Å²) >= 11 is 0. The van der Waals surface area contributed by atoms with Crippen molar-refractivity contribution in [3.8, 4) is 0 Å². The molecule has 2 aromatic rings. The fourth-order valence-corrected chi connectivity index (χ4v) is 2.01. The zero-order chi connectivity index (χ0) is 15.2. The number of carbonyl (C=O) groups is 1. The third kappa shape index (κ3) is 3.37. The van der Waals surface area contributed by atoms with Gasteiger partial charge in [0.1, 0.15) is 11.6 Å². The van der Waals surface area contributed by atoms with Crippen LogP contribution in [-0.2, 0) is 4.74 Å². The molecule has 0 aliphatic rings. The number of aromatic nitrogens is 1. The highest BCUT2D eigenvalue weighted by Crippen LogP contribution is 2.25. The number of nitrogens with zero attached hydrogens (tertiary/aromatic N) is 2. The second kappa shape index (κ2) is 6.83. The van der Waals surface area contributed by atoms with Gasteiger partial charge in [-0.05, 0) is 38.1 Å². The summed E-state index contributed by atoms with van der Waals surface area (Å²) in [6.07, 6.45) is 1.44. The van der Waals surface area contributed by atoms with Crippen LogP contribution in [0.2, 0.25) is 0 Å². The molecule has 0 spiro atoms. The number of para-hydroxylation sites is 1. The molecule has 1 heterocycles. The molecule has 0 amide bonds. The molecule has 4 nitrogen and oxygen atoms in total. The molecule has 2 rings (SSSR count). The van der Waals surface area contributed by atoms with Gasteiger partial charge in [0, 0.05) is 12.7 Å². The Morgan fingerprint density at radius 3 is 2.57 bits per heavy atom. The van der Waals surface area contributed by atoms with Crippen LogP contribution in [0, 0.1) is 5.82 Å². The van der Waals surface area contributed by atoms with Gasteiger partial charge < -0.3 is 9.64 Å². The number of hydrogen-bond donors (Lipinski definition) is 0. The predicted molar refractivity (Wildman–Crippen MR) is 79.3 cm³/mol. The summed E-state index contributed by atoms with van der Waals surface area (Å²) in [5.41, 5.74) is 0.835. The van der Waals surface area contributed by atoms with Crippen LogP contribution in [0.15, 0.2) is 42.6 Å². The molecule has 5 heteroatoms. The zero-order valence-electron chi connectivity index (χ0n) is 12.0. The quantitative estimate of drug-likeness (QED) is 0.789. The molecule has 110 valence electrons. The Kier molecular flexibility index (Phi) is 4.87. The number of esters is 1. The van der Waals surface area contributed by atoms with Gasteiger partial charge in [-0.2, -0.15) is 0 Å². The largest absolute Gasteiger partial charge is 0.462 e. The van der Waals surface area contributed by atoms with E-state index in [0.717, 1.165) is 0 Å². The Morgan fingerprint density at radius 2 is 2.00 bits per heavy atom.